The Balaban J connectivity index is 2.23. The van der Waals surface area contributed by atoms with Crippen LogP contribution in [0.15, 0.2) is 18.2 Å². The Morgan fingerprint density at radius 3 is 2.10 bits per heavy atom. The number of benzene rings is 1. The van der Waals surface area contributed by atoms with Crippen LogP contribution in [0.25, 0.3) is 0 Å². The van der Waals surface area contributed by atoms with Crippen molar-refractivity contribution in [2.75, 3.05) is 0 Å². The van der Waals surface area contributed by atoms with Crippen molar-refractivity contribution in [2.24, 2.45) is 5.84 Å². The monoisotopic (exact) mass is 290 g/mol. The Labute approximate surface area is 131 Å². The number of hydrogen-bond acceptors (Lipinski definition) is 2. The first-order chi connectivity index (χ1) is 10.2. The molecule has 1 atom stereocenters. The standard InChI is InChI=1S/C19H34N2/c1-4-5-6-7-8-9-10-11-12-19(21-20)18-14-13-16(2)17(3)15-18/h13-15,19,21H,4-12,20H2,1-3H3. The molecular formula is C19H34N2. The molecule has 1 aromatic rings. The molecule has 120 valence electrons. The van der Waals surface area contributed by atoms with Crippen LogP contribution in [-0.4, -0.2) is 0 Å². The second kappa shape index (κ2) is 10.8. The summed E-state index contributed by atoms with van der Waals surface area (Å²) < 4.78 is 0. The summed E-state index contributed by atoms with van der Waals surface area (Å²) in [5.41, 5.74) is 7.01. The summed E-state index contributed by atoms with van der Waals surface area (Å²) in [6.45, 7) is 6.60. The van der Waals surface area contributed by atoms with Gasteiger partial charge in [-0.3, -0.25) is 11.3 Å². The molecule has 0 radical (unpaired) electrons. The minimum Gasteiger partial charge on any atom is -0.271 e. The van der Waals surface area contributed by atoms with Crippen molar-refractivity contribution in [1.29, 1.82) is 0 Å². The van der Waals surface area contributed by atoms with Crippen molar-refractivity contribution in [3.63, 3.8) is 0 Å². The molecule has 21 heavy (non-hydrogen) atoms. The van der Waals surface area contributed by atoms with E-state index in [-0.39, 0.29) is 0 Å². The Morgan fingerprint density at radius 2 is 1.52 bits per heavy atom. The number of nitrogens with one attached hydrogen (secondary N) is 1. The minimum absolute atomic E-state index is 0.296. The summed E-state index contributed by atoms with van der Waals surface area (Å²) in [5, 5.41) is 0. The molecular weight excluding hydrogens is 256 g/mol. The number of hydrogen-bond donors (Lipinski definition) is 2. The molecule has 3 N–H and O–H groups in total. The molecule has 0 spiro atoms. The summed E-state index contributed by atoms with van der Waals surface area (Å²) in [5.74, 6) is 5.74. The fourth-order valence-corrected chi connectivity index (χ4v) is 2.81. The highest BCUT2D eigenvalue weighted by atomic mass is 15.2. The fraction of sp³-hybridized carbons (Fsp3) is 0.684. The van der Waals surface area contributed by atoms with Crippen LogP contribution in [0.3, 0.4) is 0 Å². The van der Waals surface area contributed by atoms with Crippen molar-refractivity contribution >= 4 is 0 Å². The van der Waals surface area contributed by atoms with Gasteiger partial charge in [0.15, 0.2) is 0 Å². The molecule has 1 unspecified atom stereocenters. The smallest absolute Gasteiger partial charge is 0.0460 e. The third-order valence-corrected chi connectivity index (χ3v) is 4.48. The maximum absolute atomic E-state index is 5.74. The van der Waals surface area contributed by atoms with E-state index in [1.807, 2.05) is 0 Å². The lowest BCUT2D eigenvalue weighted by Crippen LogP contribution is -2.28. The molecule has 2 heteroatoms. The topological polar surface area (TPSA) is 38.0 Å². The van der Waals surface area contributed by atoms with E-state index in [1.54, 1.807) is 0 Å². The predicted octanol–water partition coefficient (Wildman–Crippen LogP) is 5.34. The van der Waals surface area contributed by atoms with Crippen LogP contribution in [0.4, 0.5) is 0 Å². The zero-order chi connectivity index (χ0) is 15.5. The second-order valence-electron chi connectivity index (χ2n) is 6.33. The fourth-order valence-electron chi connectivity index (χ4n) is 2.81. The van der Waals surface area contributed by atoms with Gasteiger partial charge in [-0.1, -0.05) is 76.5 Å². The van der Waals surface area contributed by atoms with Gasteiger partial charge in [-0.25, -0.2) is 0 Å². The SMILES string of the molecule is CCCCCCCCCCC(NN)c1ccc(C)c(C)c1. The molecule has 1 aromatic carbocycles. The molecule has 0 saturated carbocycles. The molecule has 0 aliphatic carbocycles. The Bertz CT molecular complexity index is 387. The van der Waals surface area contributed by atoms with Gasteiger partial charge in [-0.15, -0.1) is 0 Å². The average Bonchev–Trinajstić information content (AvgIpc) is 2.49. The molecule has 0 heterocycles. The normalized spacial score (nSPS) is 12.6. The first-order valence-corrected chi connectivity index (χ1v) is 8.72. The molecule has 0 saturated heterocycles. The maximum atomic E-state index is 5.74. The predicted molar refractivity (Wildman–Crippen MR) is 93.2 cm³/mol. The van der Waals surface area contributed by atoms with Gasteiger partial charge in [0.1, 0.15) is 0 Å². The van der Waals surface area contributed by atoms with Crippen molar-refractivity contribution in [2.45, 2.75) is 84.6 Å². The van der Waals surface area contributed by atoms with Crippen molar-refractivity contribution in [3.8, 4) is 0 Å². The van der Waals surface area contributed by atoms with E-state index >= 15 is 0 Å². The molecule has 1 rings (SSSR count). The van der Waals surface area contributed by atoms with Gasteiger partial charge in [-0.2, -0.15) is 0 Å². The minimum atomic E-state index is 0.296. The lowest BCUT2D eigenvalue weighted by atomic mass is 9.97. The van der Waals surface area contributed by atoms with Gasteiger partial charge >= 0.3 is 0 Å². The van der Waals surface area contributed by atoms with E-state index in [0.717, 1.165) is 6.42 Å². The lowest BCUT2D eigenvalue weighted by Gasteiger charge is -2.17. The van der Waals surface area contributed by atoms with Crippen LogP contribution < -0.4 is 11.3 Å². The van der Waals surface area contributed by atoms with E-state index in [9.17, 15) is 0 Å². The number of rotatable bonds is 11. The van der Waals surface area contributed by atoms with Gasteiger partial charge in [0.05, 0.1) is 0 Å². The summed E-state index contributed by atoms with van der Waals surface area (Å²) >= 11 is 0. The third kappa shape index (κ3) is 7.10. The first-order valence-electron chi connectivity index (χ1n) is 8.72. The van der Waals surface area contributed by atoms with E-state index in [0.29, 0.717) is 6.04 Å². The Hall–Kier alpha value is -0.860. The molecule has 2 nitrogen and oxygen atoms in total. The summed E-state index contributed by atoms with van der Waals surface area (Å²) in [6.07, 6.45) is 12.0. The number of aryl methyl sites for hydroxylation is 2. The zero-order valence-corrected chi connectivity index (χ0v) is 14.3. The lowest BCUT2D eigenvalue weighted by molar-refractivity contribution is 0.475. The van der Waals surface area contributed by atoms with E-state index < -0.39 is 0 Å². The van der Waals surface area contributed by atoms with Crippen molar-refractivity contribution in [1.82, 2.24) is 5.43 Å². The van der Waals surface area contributed by atoms with Crippen molar-refractivity contribution in [3.05, 3.63) is 34.9 Å². The second-order valence-corrected chi connectivity index (χ2v) is 6.33. The van der Waals surface area contributed by atoms with Crippen molar-refractivity contribution < 1.29 is 0 Å². The Morgan fingerprint density at radius 1 is 0.905 bits per heavy atom. The average molecular weight is 290 g/mol. The maximum Gasteiger partial charge on any atom is 0.0460 e. The Kier molecular flexibility index (Phi) is 9.36. The third-order valence-electron chi connectivity index (χ3n) is 4.48. The molecule has 0 bridgehead atoms. The van der Waals surface area contributed by atoms with Gasteiger partial charge < -0.3 is 0 Å². The van der Waals surface area contributed by atoms with E-state index in [4.69, 9.17) is 5.84 Å². The summed E-state index contributed by atoms with van der Waals surface area (Å²) in [7, 11) is 0. The molecule has 0 amide bonds. The van der Waals surface area contributed by atoms with E-state index in [1.165, 1.54) is 68.1 Å². The summed E-state index contributed by atoms with van der Waals surface area (Å²) in [4.78, 5) is 0. The van der Waals surface area contributed by atoms with Gasteiger partial charge in [0.25, 0.3) is 0 Å². The largest absolute Gasteiger partial charge is 0.271 e. The van der Waals surface area contributed by atoms with E-state index in [2.05, 4.69) is 44.4 Å². The highest BCUT2D eigenvalue weighted by Crippen LogP contribution is 2.22. The van der Waals surface area contributed by atoms with Crippen LogP contribution in [0, 0.1) is 13.8 Å². The summed E-state index contributed by atoms with van der Waals surface area (Å²) in [6, 6.07) is 6.97. The highest BCUT2D eigenvalue weighted by molar-refractivity contribution is 5.31. The van der Waals surface area contributed by atoms with Crippen LogP contribution in [-0.2, 0) is 0 Å². The highest BCUT2D eigenvalue weighted by Gasteiger charge is 2.09. The van der Waals surface area contributed by atoms with Crippen LogP contribution in [0.1, 0.15) is 87.4 Å². The molecule has 0 aromatic heterocycles. The molecule has 0 fully saturated rings. The van der Waals surface area contributed by atoms with Crippen LogP contribution in [0.5, 0.6) is 0 Å². The zero-order valence-electron chi connectivity index (χ0n) is 14.3. The molecule has 0 aliphatic heterocycles. The number of hydrazine groups is 1. The van der Waals surface area contributed by atoms with Gasteiger partial charge in [-0.05, 0) is 37.0 Å². The first kappa shape index (κ1) is 18.2. The number of nitrogens with two attached hydrogens (primary N) is 1. The van der Waals surface area contributed by atoms with Crippen LogP contribution in [0.2, 0.25) is 0 Å². The van der Waals surface area contributed by atoms with Gasteiger partial charge in [0, 0.05) is 6.04 Å². The quantitative estimate of drug-likeness (QED) is 0.328. The molecule has 0 aliphatic rings. The number of unbranched alkanes of at least 4 members (excludes halogenated alkanes) is 7. The van der Waals surface area contributed by atoms with Crippen LogP contribution >= 0.6 is 0 Å². The van der Waals surface area contributed by atoms with Gasteiger partial charge in [0.2, 0.25) is 0 Å².